The zero-order valence-corrected chi connectivity index (χ0v) is 14.1. The molecule has 0 aliphatic carbocycles. The Labute approximate surface area is 137 Å². The number of sulfonamides is 1. The Morgan fingerprint density at radius 1 is 1.45 bits per heavy atom. The van der Waals surface area contributed by atoms with Crippen LogP contribution in [0.5, 0.6) is 0 Å². The largest absolute Gasteiger partial charge is 0.383 e. The van der Waals surface area contributed by atoms with Gasteiger partial charge in [-0.3, -0.25) is 0 Å². The zero-order valence-electron chi connectivity index (χ0n) is 11.7. The third-order valence-electron chi connectivity index (χ3n) is 3.75. The van der Waals surface area contributed by atoms with Crippen molar-refractivity contribution in [2.45, 2.75) is 24.3 Å². The Hall–Kier alpha value is -1.45. The first-order valence-electron chi connectivity index (χ1n) is 6.86. The standard InChI is InChI=1S/C13H16BrN5O2S/c14-10-6-11(13(15)17-8-10)22(20,21)18-7-9-1-3-19-4-2-16-12(19)5-9/h2,4,6,8-9,18H,1,3,5,7H2,(H2,15,17)/t9-/m0/s1. The predicted molar refractivity (Wildman–Crippen MR) is 85.6 cm³/mol. The molecule has 1 aliphatic heterocycles. The van der Waals surface area contributed by atoms with Crippen molar-refractivity contribution in [1.82, 2.24) is 19.3 Å². The lowest BCUT2D eigenvalue weighted by Crippen LogP contribution is -2.33. The van der Waals surface area contributed by atoms with Gasteiger partial charge in [-0.1, -0.05) is 0 Å². The number of imidazole rings is 1. The number of anilines is 1. The summed E-state index contributed by atoms with van der Waals surface area (Å²) in [4.78, 5) is 8.15. The fraction of sp³-hybridized carbons (Fsp3) is 0.385. The molecular formula is C13H16BrN5O2S. The Balaban J connectivity index is 1.69. The molecule has 2 aromatic rings. The van der Waals surface area contributed by atoms with E-state index in [2.05, 4.69) is 35.2 Å². The van der Waals surface area contributed by atoms with E-state index in [1.165, 1.54) is 12.3 Å². The lowest BCUT2D eigenvalue weighted by atomic mass is 9.98. The second-order valence-electron chi connectivity index (χ2n) is 5.28. The number of nitrogens with one attached hydrogen (secondary N) is 1. The second-order valence-corrected chi connectivity index (χ2v) is 7.94. The molecule has 0 radical (unpaired) electrons. The van der Waals surface area contributed by atoms with Crippen LogP contribution in [-0.2, 0) is 23.0 Å². The maximum atomic E-state index is 12.4. The molecule has 1 atom stereocenters. The zero-order chi connectivity index (χ0) is 15.7. The van der Waals surface area contributed by atoms with Gasteiger partial charge in [-0.05, 0) is 34.3 Å². The number of fused-ring (bicyclic) bond motifs is 1. The highest BCUT2D eigenvalue weighted by molar-refractivity contribution is 9.10. The molecule has 0 aromatic carbocycles. The van der Waals surface area contributed by atoms with Crippen LogP contribution in [0.15, 0.2) is 34.0 Å². The van der Waals surface area contributed by atoms with Crippen LogP contribution in [0.3, 0.4) is 0 Å². The molecule has 2 aromatic heterocycles. The minimum Gasteiger partial charge on any atom is -0.383 e. The van der Waals surface area contributed by atoms with Crippen molar-refractivity contribution in [2.24, 2.45) is 5.92 Å². The summed E-state index contributed by atoms with van der Waals surface area (Å²) in [5.74, 6) is 1.22. The molecular weight excluding hydrogens is 370 g/mol. The first-order chi connectivity index (χ1) is 10.5. The Kier molecular flexibility index (Phi) is 4.20. The number of nitrogens with two attached hydrogens (primary N) is 1. The third-order valence-corrected chi connectivity index (χ3v) is 5.64. The van der Waals surface area contributed by atoms with E-state index >= 15 is 0 Å². The summed E-state index contributed by atoms with van der Waals surface area (Å²) in [7, 11) is -3.67. The summed E-state index contributed by atoms with van der Waals surface area (Å²) in [6.07, 6.45) is 6.87. The summed E-state index contributed by atoms with van der Waals surface area (Å²) in [6, 6.07) is 1.46. The molecule has 0 unspecified atom stereocenters. The van der Waals surface area contributed by atoms with Crippen molar-refractivity contribution in [1.29, 1.82) is 0 Å². The fourth-order valence-electron chi connectivity index (χ4n) is 2.54. The number of pyridine rings is 1. The number of nitrogens with zero attached hydrogens (tertiary/aromatic N) is 3. The molecule has 0 saturated carbocycles. The van der Waals surface area contributed by atoms with Gasteiger partial charge in [0.1, 0.15) is 16.5 Å². The van der Waals surface area contributed by atoms with E-state index in [0.29, 0.717) is 11.0 Å². The molecule has 9 heteroatoms. The maximum Gasteiger partial charge on any atom is 0.244 e. The van der Waals surface area contributed by atoms with Crippen LogP contribution in [0.4, 0.5) is 5.82 Å². The quantitative estimate of drug-likeness (QED) is 0.821. The molecule has 1 aliphatic rings. The highest BCUT2D eigenvalue weighted by atomic mass is 79.9. The third kappa shape index (κ3) is 3.16. The number of nitrogen functional groups attached to an aromatic ring is 1. The van der Waals surface area contributed by atoms with Gasteiger partial charge in [0.2, 0.25) is 10.0 Å². The van der Waals surface area contributed by atoms with Gasteiger partial charge in [-0.15, -0.1) is 0 Å². The van der Waals surface area contributed by atoms with Crippen molar-refractivity contribution in [3.05, 3.63) is 35.0 Å². The van der Waals surface area contributed by atoms with Gasteiger partial charge in [0.05, 0.1) is 0 Å². The molecule has 3 heterocycles. The van der Waals surface area contributed by atoms with Crippen molar-refractivity contribution in [3.63, 3.8) is 0 Å². The van der Waals surface area contributed by atoms with Gasteiger partial charge in [-0.2, -0.15) is 0 Å². The Bertz CT molecular complexity index is 789. The van der Waals surface area contributed by atoms with Crippen LogP contribution < -0.4 is 10.5 Å². The van der Waals surface area contributed by atoms with E-state index in [0.717, 1.165) is 25.2 Å². The molecule has 3 N–H and O–H groups in total. The highest BCUT2D eigenvalue weighted by Gasteiger charge is 2.23. The number of aryl methyl sites for hydroxylation is 1. The van der Waals surface area contributed by atoms with Gasteiger partial charge < -0.3 is 10.3 Å². The first kappa shape index (κ1) is 15.4. The Morgan fingerprint density at radius 3 is 3.09 bits per heavy atom. The topological polar surface area (TPSA) is 103 Å². The van der Waals surface area contributed by atoms with E-state index in [1.807, 2.05) is 6.20 Å². The van der Waals surface area contributed by atoms with E-state index in [9.17, 15) is 8.42 Å². The molecule has 7 nitrogen and oxygen atoms in total. The van der Waals surface area contributed by atoms with Gasteiger partial charge in [0, 0.05) is 42.6 Å². The van der Waals surface area contributed by atoms with E-state index < -0.39 is 10.0 Å². The maximum absolute atomic E-state index is 12.4. The van der Waals surface area contributed by atoms with Crippen molar-refractivity contribution >= 4 is 31.8 Å². The average Bonchev–Trinajstić information content (AvgIpc) is 2.95. The van der Waals surface area contributed by atoms with Crippen molar-refractivity contribution < 1.29 is 8.42 Å². The second kappa shape index (κ2) is 5.98. The molecule has 22 heavy (non-hydrogen) atoms. The smallest absolute Gasteiger partial charge is 0.244 e. The average molecular weight is 386 g/mol. The van der Waals surface area contributed by atoms with E-state index in [1.54, 1.807) is 6.20 Å². The van der Waals surface area contributed by atoms with Crippen LogP contribution >= 0.6 is 15.9 Å². The van der Waals surface area contributed by atoms with Gasteiger partial charge >= 0.3 is 0 Å². The molecule has 118 valence electrons. The minimum atomic E-state index is -3.67. The highest BCUT2D eigenvalue weighted by Crippen LogP contribution is 2.22. The molecule has 3 rings (SSSR count). The summed E-state index contributed by atoms with van der Waals surface area (Å²) in [5, 5.41) is 0. The molecule has 0 amide bonds. The van der Waals surface area contributed by atoms with Crippen LogP contribution in [0.25, 0.3) is 0 Å². The molecule has 0 saturated heterocycles. The minimum absolute atomic E-state index is 0.000755. The number of hydrogen-bond donors (Lipinski definition) is 2. The Morgan fingerprint density at radius 2 is 2.27 bits per heavy atom. The fourth-order valence-corrected chi connectivity index (χ4v) is 4.25. The monoisotopic (exact) mass is 385 g/mol. The normalized spacial score (nSPS) is 18.1. The predicted octanol–water partition coefficient (Wildman–Crippen LogP) is 1.16. The summed E-state index contributed by atoms with van der Waals surface area (Å²) < 4.78 is 30.0. The van der Waals surface area contributed by atoms with Gasteiger partial charge in [0.25, 0.3) is 0 Å². The number of halogens is 1. The summed E-state index contributed by atoms with van der Waals surface area (Å²) >= 11 is 3.21. The summed E-state index contributed by atoms with van der Waals surface area (Å²) in [6.45, 7) is 1.23. The van der Waals surface area contributed by atoms with Crippen LogP contribution in [0.2, 0.25) is 0 Å². The van der Waals surface area contributed by atoms with Crippen LogP contribution in [0, 0.1) is 5.92 Å². The van der Waals surface area contributed by atoms with Gasteiger partial charge in [-0.25, -0.2) is 23.1 Å². The van der Waals surface area contributed by atoms with Crippen LogP contribution in [-0.4, -0.2) is 29.5 Å². The molecule has 0 bridgehead atoms. The number of hydrogen-bond acceptors (Lipinski definition) is 5. The first-order valence-corrected chi connectivity index (χ1v) is 9.14. The SMILES string of the molecule is Nc1ncc(Br)cc1S(=O)(=O)NC[C@H]1CCn2ccnc2C1. The molecule has 0 spiro atoms. The lowest BCUT2D eigenvalue weighted by Gasteiger charge is -2.23. The van der Waals surface area contributed by atoms with E-state index in [-0.39, 0.29) is 16.6 Å². The molecule has 0 fully saturated rings. The number of rotatable bonds is 4. The van der Waals surface area contributed by atoms with E-state index in [4.69, 9.17) is 5.73 Å². The van der Waals surface area contributed by atoms with Crippen LogP contribution in [0.1, 0.15) is 12.2 Å². The van der Waals surface area contributed by atoms with Gasteiger partial charge in [0.15, 0.2) is 0 Å². The lowest BCUT2D eigenvalue weighted by molar-refractivity contribution is 0.379. The summed E-state index contributed by atoms with van der Waals surface area (Å²) in [5.41, 5.74) is 5.67. The number of aromatic nitrogens is 3. The van der Waals surface area contributed by atoms with Crippen molar-refractivity contribution in [3.8, 4) is 0 Å². The van der Waals surface area contributed by atoms with Crippen molar-refractivity contribution in [2.75, 3.05) is 12.3 Å².